The Balaban J connectivity index is 1.73. The molecule has 100 valence electrons. The summed E-state index contributed by atoms with van der Waals surface area (Å²) >= 11 is 0. The third-order valence-corrected chi connectivity index (χ3v) is 3.48. The van der Waals surface area contributed by atoms with Crippen molar-refractivity contribution in [2.75, 3.05) is 13.1 Å². The minimum atomic E-state index is -0.587. The van der Waals surface area contributed by atoms with Crippen molar-refractivity contribution in [3.63, 3.8) is 0 Å². The molecule has 0 aromatic heterocycles. The van der Waals surface area contributed by atoms with E-state index in [4.69, 9.17) is 4.74 Å². The third kappa shape index (κ3) is 4.09. The van der Waals surface area contributed by atoms with Gasteiger partial charge in [0.2, 0.25) is 0 Å². The van der Waals surface area contributed by atoms with Crippen molar-refractivity contribution in [3.05, 3.63) is 35.9 Å². The van der Waals surface area contributed by atoms with Crippen molar-refractivity contribution in [2.45, 2.75) is 45.1 Å². The van der Waals surface area contributed by atoms with E-state index in [-0.39, 0.29) is 6.10 Å². The maximum absolute atomic E-state index is 9.48. The Hall–Kier alpha value is -0.900. The maximum Gasteiger partial charge on any atom is 0.154 e. The maximum atomic E-state index is 9.48. The lowest BCUT2D eigenvalue weighted by molar-refractivity contribution is -0.148. The normalized spacial score (nSPS) is 19.9. The van der Waals surface area contributed by atoms with Crippen LogP contribution in [0.2, 0.25) is 0 Å². The molecular weight excluding hydrogens is 226 g/mol. The van der Waals surface area contributed by atoms with Gasteiger partial charge in [-0.2, -0.15) is 0 Å². The molecule has 1 aromatic carbocycles. The standard InChI is InChI=1S/C15H23NO2/c1-2-15(17)18-14-8-10-16(11-9-14)12-13-6-4-3-5-7-13/h3-7,14-15,17H,2,8-12H2,1H3. The Kier molecular flexibility index (Phi) is 5.17. The van der Waals surface area contributed by atoms with Gasteiger partial charge in [-0.05, 0) is 24.8 Å². The number of benzene rings is 1. The number of ether oxygens (including phenoxy) is 1. The smallest absolute Gasteiger partial charge is 0.154 e. The molecule has 1 aliphatic heterocycles. The van der Waals surface area contributed by atoms with Gasteiger partial charge in [0, 0.05) is 19.6 Å². The largest absolute Gasteiger partial charge is 0.368 e. The monoisotopic (exact) mass is 249 g/mol. The lowest BCUT2D eigenvalue weighted by Gasteiger charge is -2.32. The summed E-state index contributed by atoms with van der Waals surface area (Å²) in [6, 6.07) is 10.6. The third-order valence-electron chi connectivity index (χ3n) is 3.48. The van der Waals surface area contributed by atoms with Crippen molar-refractivity contribution in [1.29, 1.82) is 0 Å². The number of hydrogen-bond acceptors (Lipinski definition) is 3. The predicted octanol–water partition coefficient (Wildman–Crippen LogP) is 2.40. The summed E-state index contributed by atoms with van der Waals surface area (Å²) in [5, 5.41) is 9.48. The van der Waals surface area contributed by atoms with Crippen molar-refractivity contribution in [3.8, 4) is 0 Å². The van der Waals surface area contributed by atoms with Gasteiger partial charge in [0.15, 0.2) is 6.29 Å². The molecule has 1 fully saturated rings. The van der Waals surface area contributed by atoms with E-state index < -0.39 is 6.29 Å². The lowest BCUT2D eigenvalue weighted by atomic mass is 10.1. The second kappa shape index (κ2) is 6.88. The van der Waals surface area contributed by atoms with Crippen LogP contribution in [0, 0.1) is 0 Å². The van der Waals surface area contributed by atoms with Gasteiger partial charge in [-0.3, -0.25) is 4.90 Å². The molecule has 1 N–H and O–H groups in total. The van der Waals surface area contributed by atoms with Gasteiger partial charge in [-0.25, -0.2) is 0 Å². The van der Waals surface area contributed by atoms with E-state index in [0.717, 1.165) is 32.5 Å². The first kappa shape index (κ1) is 13.5. The Morgan fingerprint density at radius 2 is 1.94 bits per heavy atom. The first-order valence-corrected chi connectivity index (χ1v) is 6.87. The van der Waals surface area contributed by atoms with E-state index in [1.807, 2.05) is 6.92 Å². The number of aliphatic hydroxyl groups is 1. The summed E-state index contributed by atoms with van der Waals surface area (Å²) in [4.78, 5) is 2.45. The highest BCUT2D eigenvalue weighted by Gasteiger charge is 2.21. The fraction of sp³-hybridized carbons (Fsp3) is 0.600. The highest BCUT2D eigenvalue weighted by Crippen LogP contribution is 2.17. The molecule has 1 unspecified atom stereocenters. The second-order valence-electron chi connectivity index (χ2n) is 4.96. The number of likely N-dealkylation sites (tertiary alicyclic amines) is 1. The molecule has 1 atom stereocenters. The molecule has 18 heavy (non-hydrogen) atoms. The Bertz CT molecular complexity index is 334. The van der Waals surface area contributed by atoms with Crippen LogP contribution < -0.4 is 0 Å². The predicted molar refractivity (Wildman–Crippen MR) is 72.1 cm³/mol. The average molecular weight is 249 g/mol. The Labute approximate surface area is 109 Å². The van der Waals surface area contributed by atoms with Gasteiger partial charge < -0.3 is 9.84 Å². The number of piperidine rings is 1. The van der Waals surface area contributed by atoms with Gasteiger partial charge in [-0.1, -0.05) is 37.3 Å². The summed E-state index contributed by atoms with van der Waals surface area (Å²) in [5.41, 5.74) is 1.37. The van der Waals surface area contributed by atoms with Crippen LogP contribution in [0.4, 0.5) is 0 Å². The average Bonchev–Trinajstić information content (AvgIpc) is 2.42. The van der Waals surface area contributed by atoms with Gasteiger partial charge in [0.25, 0.3) is 0 Å². The summed E-state index contributed by atoms with van der Waals surface area (Å²) in [6.07, 6.45) is 2.35. The van der Waals surface area contributed by atoms with Crippen LogP contribution in [-0.4, -0.2) is 35.5 Å². The number of hydrogen-bond donors (Lipinski definition) is 1. The van der Waals surface area contributed by atoms with Crippen LogP contribution in [0.15, 0.2) is 30.3 Å². The van der Waals surface area contributed by atoms with Crippen LogP contribution in [0.5, 0.6) is 0 Å². The molecule has 0 aliphatic carbocycles. The van der Waals surface area contributed by atoms with Crippen LogP contribution in [0.25, 0.3) is 0 Å². The SMILES string of the molecule is CCC(O)OC1CCN(Cc2ccccc2)CC1. The van der Waals surface area contributed by atoms with Crippen LogP contribution in [0.1, 0.15) is 31.7 Å². The molecule has 0 saturated carbocycles. The molecule has 1 saturated heterocycles. The zero-order chi connectivity index (χ0) is 12.8. The fourth-order valence-electron chi connectivity index (χ4n) is 2.36. The summed E-state index contributed by atoms with van der Waals surface area (Å²) in [5.74, 6) is 0. The molecule has 1 aromatic rings. The minimum Gasteiger partial charge on any atom is -0.368 e. The van der Waals surface area contributed by atoms with Gasteiger partial charge in [0.05, 0.1) is 6.10 Å². The Morgan fingerprint density at radius 3 is 2.56 bits per heavy atom. The van der Waals surface area contributed by atoms with Crippen molar-refractivity contribution < 1.29 is 9.84 Å². The molecule has 3 nitrogen and oxygen atoms in total. The molecule has 0 spiro atoms. The van der Waals surface area contributed by atoms with Crippen molar-refractivity contribution >= 4 is 0 Å². The van der Waals surface area contributed by atoms with E-state index in [2.05, 4.69) is 35.2 Å². The molecule has 3 heteroatoms. The molecule has 2 rings (SSSR count). The van der Waals surface area contributed by atoms with E-state index in [9.17, 15) is 5.11 Å². The van der Waals surface area contributed by atoms with E-state index in [1.165, 1.54) is 5.56 Å². The van der Waals surface area contributed by atoms with E-state index in [1.54, 1.807) is 0 Å². The molecule has 0 radical (unpaired) electrons. The fourth-order valence-corrected chi connectivity index (χ4v) is 2.36. The highest BCUT2D eigenvalue weighted by molar-refractivity contribution is 5.14. The van der Waals surface area contributed by atoms with Crippen LogP contribution in [0.3, 0.4) is 0 Å². The second-order valence-corrected chi connectivity index (χ2v) is 4.96. The number of nitrogens with zero attached hydrogens (tertiary/aromatic N) is 1. The van der Waals surface area contributed by atoms with Crippen molar-refractivity contribution in [1.82, 2.24) is 4.90 Å². The Morgan fingerprint density at radius 1 is 1.28 bits per heavy atom. The first-order valence-electron chi connectivity index (χ1n) is 6.87. The molecular formula is C15H23NO2. The van der Waals surface area contributed by atoms with Crippen molar-refractivity contribution in [2.24, 2.45) is 0 Å². The molecule has 1 aliphatic rings. The number of rotatable bonds is 5. The number of aliphatic hydroxyl groups excluding tert-OH is 1. The molecule has 0 amide bonds. The van der Waals surface area contributed by atoms with E-state index >= 15 is 0 Å². The van der Waals surface area contributed by atoms with Gasteiger partial charge in [-0.15, -0.1) is 0 Å². The van der Waals surface area contributed by atoms with Crippen LogP contribution >= 0.6 is 0 Å². The highest BCUT2D eigenvalue weighted by atomic mass is 16.6. The zero-order valence-electron chi connectivity index (χ0n) is 11.1. The van der Waals surface area contributed by atoms with Crippen LogP contribution in [-0.2, 0) is 11.3 Å². The quantitative estimate of drug-likeness (QED) is 0.813. The minimum absolute atomic E-state index is 0.229. The zero-order valence-corrected chi connectivity index (χ0v) is 11.1. The lowest BCUT2D eigenvalue weighted by Crippen LogP contribution is -2.38. The summed E-state index contributed by atoms with van der Waals surface area (Å²) in [6.45, 7) is 5.06. The van der Waals surface area contributed by atoms with E-state index in [0.29, 0.717) is 6.42 Å². The summed E-state index contributed by atoms with van der Waals surface area (Å²) in [7, 11) is 0. The van der Waals surface area contributed by atoms with Gasteiger partial charge in [0.1, 0.15) is 0 Å². The molecule has 0 bridgehead atoms. The topological polar surface area (TPSA) is 32.7 Å². The van der Waals surface area contributed by atoms with Gasteiger partial charge >= 0.3 is 0 Å². The summed E-state index contributed by atoms with van der Waals surface area (Å²) < 4.78 is 5.57. The molecule has 1 heterocycles. The first-order chi connectivity index (χ1) is 8.78.